The van der Waals surface area contributed by atoms with Gasteiger partial charge in [0.05, 0.1) is 10.6 Å². The molecule has 4 rings (SSSR count). The molecule has 1 fully saturated rings. The molecule has 1 aromatic heterocycles. The van der Waals surface area contributed by atoms with Crippen LogP contribution in [0.15, 0.2) is 60.0 Å². The van der Waals surface area contributed by atoms with Gasteiger partial charge in [-0.1, -0.05) is 17.7 Å². The average Bonchev–Trinajstić information content (AvgIpc) is 3.28. The van der Waals surface area contributed by atoms with Gasteiger partial charge in [-0.3, -0.25) is 4.79 Å². The molecule has 0 N–H and O–H groups in total. The van der Waals surface area contributed by atoms with Crippen molar-refractivity contribution < 1.29 is 13.2 Å². The van der Waals surface area contributed by atoms with Crippen LogP contribution in [0.4, 0.5) is 0 Å². The normalized spacial score (nSPS) is 15.3. The first-order chi connectivity index (χ1) is 14.4. The number of rotatable bonds is 4. The molecule has 2 aromatic carbocycles. The lowest BCUT2D eigenvalue weighted by Crippen LogP contribution is -2.50. The molecule has 1 saturated heterocycles. The largest absolute Gasteiger partial charge is 0.336 e. The van der Waals surface area contributed by atoms with E-state index in [2.05, 4.69) is 10.1 Å². The number of piperazine rings is 1. The minimum absolute atomic E-state index is 0.108. The quantitative estimate of drug-likeness (QED) is 0.638. The molecular weight excluding hydrogens is 402 g/mol. The molecule has 8 nitrogen and oxygen atoms in total. The third-order valence-electron chi connectivity index (χ3n) is 5.27. The summed E-state index contributed by atoms with van der Waals surface area (Å²) < 4.78 is 29.1. The van der Waals surface area contributed by atoms with E-state index in [0.717, 1.165) is 16.8 Å². The van der Waals surface area contributed by atoms with Gasteiger partial charge in [-0.05, 0) is 49.7 Å². The van der Waals surface area contributed by atoms with Crippen molar-refractivity contribution >= 4 is 15.9 Å². The van der Waals surface area contributed by atoms with Crippen LogP contribution < -0.4 is 0 Å². The second-order valence-corrected chi connectivity index (χ2v) is 9.26. The van der Waals surface area contributed by atoms with Crippen LogP contribution in [0.2, 0.25) is 0 Å². The number of sulfonamides is 1. The third-order valence-corrected chi connectivity index (χ3v) is 7.33. The minimum atomic E-state index is -3.57. The van der Waals surface area contributed by atoms with Gasteiger partial charge in [0.15, 0.2) is 0 Å². The van der Waals surface area contributed by atoms with Gasteiger partial charge >= 0.3 is 0 Å². The molecule has 0 saturated carbocycles. The van der Waals surface area contributed by atoms with Gasteiger partial charge in [0.2, 0.25) is 10.0 Å². The summed E-state index contributed by atoms with van der Waals surface area (Å²) in [6.07, 6.45) is 3.04. The maximum absolute atomic E-state index is 13.0. The predicted molar refractivity (Wildman–Crippen MR) is 112 cm³/mol. The molecule has 156 valence electrons. The smallest absolute Gasteiger partial charge is 0.253 e. The number of hydrogen-bond donors (Lipinski definition) is 0. The van der Waals surface area contributed by atoms with Crippen LogP contribution in [0.1, 0.15) is 21.5 Å². The Labute approximate surface area is 175 Å². The van der Waals surface area contributed by atoms with Crippen LogP contribution in [0, 0.1) is 13.8 Å². The number of hydrogen-bond acceptors (Lipinski definition) is 5. The fourth-order valence-corrected chi connectivity index (χ4v) is 5.27. The summed E-state index contributed by atoms with van der Waals surface area (Å²) in [6, 6.07) is 12.5. The molecule has 3 aromatic rings. The molecule has 1 aliphatic rings. The number of aromatic nitrogens is 3. The zero-order valence-electron chi connectivity index (χ0n) is 16.9. The van der Waals surface area contributed by atoms with Gasteiger partial charge in [-0.25, -0.2) is 18.1 Å². The van der Waals surface area contributed by atoms with E-state index in [9.17, 15) is 13.2 Å². The van der Waals surface area contributed by atoms with Crippen LogP contribution in [-0.4, -0.2) is 64.5 Å². The molecule has 0 spiro atoms. The van der Waals surface area contributed by atoms with E-state index in [4.69, 9.17) is 0 Å². The predicted octanol–water partition coefficient (Wildman–Crippen LogP) is 2.03. The van der Waals surface area contributed by atoms with E-state index in [1.807, 2.05) is 38.1 Å². The summed E-state index contributed by atoms with van der Waals surface area (Å²) in [5.41, 5.74) is 3.13. The summed E-state index contributed by atoms with van der Waals surface area (Å²) >= 11 is 0. The molecule has 1 aliphatic heterocycles. The van der Waals surface area contributed by atoms with Crippen molar-refractivity contribution in [2.75, 3.05) is 26.2 Å². The van der Waals surface area contributed by atoms with Gasteiger partial charge in [0.25, 0.3) is 5.91 Å². The van der Waals surface area contributed by atoms with Crippen molar-refractivity contribution in [2.45, 2.75) is 18.7 Å². The lowest BCUT2D eigenvalue weighted by molar-refractivity contribution is 0.0698. The summed E-state index contributed by atoms with van der Waals surface area (Å²) in [4.78, 5) is 18.8. The number of nitrogens with zero attached hydrogens (tertiary/aromatic N) is 5. The number of carbonyl (C=O) groups is 1. The highest BCUT2D eigenvalue weighted by Crippen LogP contribution is 2.22. The van der Waals surface area contributed by atoms with E-state index < -0.39 is 10.0 Å². The summed E-state index contributed by atoms with van der Waals surface area (Å²) in [5.74, 6) is -0.108. The van der Waals surface area contributed by atoms with Crippen molar-refractivity contribution in [3.05, 3.63) is 71.8 Å². The minimum Gasteiger partial charge on any atom is -0.336 e. The van der Waals surface area contributed by atoms with Crippen molar-refractivity contribution in [1.82, 2.24) is 24.0 Å². The van der Waals surface area contributed by atoms with Crippen molar-refractivity contribution in [3.63, 3.8) is 0 Å². The van der Waals surface area contributed by atoms with Crippen LogP contribution in [-0.2, 0) is 10.0 Å². The second-order valence-electron chi connectivity index (χ2n) is 7.35. The van der Waals surface area contributed by atoms with E-state index in [1.54, 1.807) is 34.1 Å². The van der Waals surface area contributed by atoms with Gasteiger partial charge < -0.3 is 4.90 Å². The summed E-state index contributed by atoms with van der Waals surface area (Å²) in [5, 5.41) is 4.07. The highest BCUT2D eigenvalue weighted by molar-refractivity contribution is 7.89. The molecule has 0 aliphatic carbocycles. The maximum atomic E-state index is 13.0. The first-order valence-corrected chi connectivity index (χ1v) is 11.1. The molecule has 0 radical (unpaired) electrons. The number of carbonyl (C=O) groups excluding carboxylic acids is 1. The first-order valence-electron chi connectivity index (χ1n) is 9.68. The Morgan fingerprint density at radius 2 is 1.67 bits per heavy atom. The fourth-order valence-electron chi connectivity index (χ4n) is 3.64. The maximum Gasteiger partial charge on any atom is 0.253 e. The Bertz CT molecular complexity index is 1150. The Morgan fingerprint density at radius 1 is 0.967 bits per heavy atom. The second kappa shape index (κ2) is 8.00. The highest BCUT2D eigenvalue weighted by Gasteiger charge is 2.31. The van der Waals surface area contributed by atoms with Crippen molar-refractivity contribution in [3.8, 4) is 5.69 Å². The van der Waals surface area contributed by atoms with E-state index in [1.165, 1.54) is 10.6 Å². The molecule has 0 unspecified atom stereocenters. The number of benzene rings is 2. The topological polar surface area (TPSA) is 88.4 Å². The Hall–Kier alpha value is -3.04. The standard InChI is InChI=1S/C21H23N5O3S/c1-16-3-8-20(17(2)13-16)30(28,29)25-11-9-24(10-12-25)21(27)18-4-6-19(7-5-18)26-15-22-14-23-26/h3-8,13-15H,9-12H2,1-2H3. The SMILES string of the molecule is Cc1ccc(S(=O)(=O)N2CCN(C(=O)c3ccc(-n4cncn4)cc3)CC2)c(C)c1. The van der Waals surface area contributed by atoms with Gasteiger partial charge in [0.1, 0.15) is 12.7 Å². The number of aryl methyl sites for hydroxylation is 2. The van der Waals surface area contributed by atoms with E-state index in [-0.39, 0.29) is 19.0 Å². The van der Waals surface area contributed by atoms with E-state index >= 15 is 0 Å². The third kappa shape index (κ3) is 3.86. The zero-order valence-corrected chi connectivity index (χ0v) is 17.7. The molecule has 0 atom stereocenters. The molecular formula is C21H23N5O3S. The number of amides is 1. The van der Waals surface area contributed by atoms with Crippen LogP contribution in [0.5, 0.6) is 0 Å². The van der Waals surface area contributed by atoms with Crippen molar-refractivity contribution in [2.24, 2.45) is 0 Å². The van der Waals surface area contributed by atoms with Gasteiger partial charge in [-0.2, -0.15) is 9.40 Å². The average molecular weight is 426 g/mol. The summed E-state index contributed by atoms with van der Waals surface area (Å²) in [7, 11) is -3.57. The van der Waals surface area contributed by atoms with Gasteiger partial charge in [-0.15, -0.1) is 0 Å². The molecule has 1 amide bonds. The summed E-state index contributed by atoms with van der Waals surface area (Å²) in [6.45, 7) is 5.01. The van der Waals surface area contributed by atoms with Crippen LogP contribution in [0.3, 0.4) is 0 Å². The fraction of sp³-hybridized carbons (Fsp3) is 0.286. The first kappa shape index (κ1) is 20.2. The molecule has 2 heterocycles. The Kier molecular flexibility index (Phi) is 5.40. The molecule has 30 heavy (non-hydrogen) atoms. The Morgan fingerprint density at radius 3 is 2.27 bits per heavy atom. The highest BCUT2D eigenvalue weighted by atomic mass is 32.2. The lowest BCUT2D eigenvalue weighted by atomic mass is 10.1. The monoisotopic (exact) mass is 425 g/mol. The molecule has 0 bridgehead atoms. The van der Waals surface area contributed by atoms with E-state index in [0.29, 0.717) is 23.5 Å². The lowest BCUT2D eigenvalue weighted by Gasteiger charge is -2.34. The van der Waals surface area contributed by atoms with Crippen molar-refractivity contribution in [1.29, 1.82) is 0 Å². The Balaban J connectivity index is 1.43. The molecule has 9 heteroatoms. The zero-order chi connectivity index (χ0) is 21.3. The van der Waals surface area contributed by atoms with Gasteiger partial charge in [0, 0.05) is 31.7 Å². The van der Waals surface area contributed by atoms with Crippen LogP contribution in [0.25, 0.3) is 5.69 Å². The van der Waals surface area contributed by atoms with Crippen LogP contribution >= 0.6 is 0 Å².